The van der Waals surface area contributed by atoms with Gasteiger partial charge in [0.2, 0.25) is 11.8 Å². The van der Waals surface area contributed by atoms with E-state index < -0.39 is 11.3 Å². The quantitative estimate of drug-likeness (QED) is 0.163. The smallest absolute Gasteiger partial charge is 0.227 e. The number of methoxy groups -OCH3 is 1. The number of Topliss-reactive ketones (excluding diaryl/α,β-unsaturated/α-hetero) is 2. The molecule has 7 atom stereocenters. The molecule has 2 amide bonds. The number of rotatable bonds is 16. The Labute approximate surface area is 280 Å². The summed E-state index contributed by atoms with van der Waals surface area (Å²) < 4.78 is 18.4. The number of epoxide rings is 2. The molecular formula is C38H56N2O7. The molecule has 3 aliphatic rings. The monoisotopic (exact) mass is 652 g/mol. The summed E-state index contributed by atoms with van der Waals surface area (Å²) in [6, 6.07) is 7.49. The molecule has 4 rings (SSSR count). The summed E-state index contributed by atoms with van der Waals surface area (Å²) in [5.74, 6) is -0.683. The zero-order chi connectivity index (χ0) is 34.6. The predicted octanol–water partition coefficient (Wildman–Crippen LogP) is 6.13. The van der Waals surface area contributed by atoms with Crippen LogP contribution >= 0.6 is 0 Å². The van der Waals surface area contributed by atoms with E-state index >= 15 is 0 Å². The van der Waals surface area contributed by atoms with Crippen molar-refractivity contribution in [1.29, 1.82) is 0 Å². The van der Waals surface area contributed by atoms with Gasteiger partial charge in [-0.25, -0.2) is 0 Å². The van der Waals surface area contributed by atoms with Crippen LogP contribution in [-0.4, -0.2) is 66.5 Å². The summed E-state index contributed by atoms with van der Waals surface area (Å²) >= 11 is 0. The molecule has 1 aromatic carbocycles. The van der Waals surface area contributed by atoms with E-state index in [1.54, 1.807) is 14.0 Å². The van der Waals surface area contributed by atoms with Crippen molar-refractivity contribution in [2.45, 2.75) is 136 Å². The van der Waals surface area contributed by atoms with Crippen molar-refractivity contribution >= 4 is 29.1 Å². The van der Waals surface area contributed by atoms with Gasteiger partial charge < -0.3 is 24.8 Å². The molecule has 47 heavy (non-hydrogen) atoms. The third-order valence-corrected chi connectivity index (χ3v) is 10.2. The second-order valence-electron chi connectivity index (χ2n) is 15.4. The number of hydrogen-bond acceptors (Lipinski definition) is 7. The zero-order valence-corrected chi connectivity index (χ0v) is 29.7. The Hall–Kier alpha value is -2.88. The molecule has 0 aromatic heterocycles. The first-order valence-corrected chi connectivity index (χ1v) is 17.3. The second-order valence-corrected chi connectivity index (χ2v) is 15.4. The summed E-state index contributed by atoms with van der Waals surface area (Å²) in [6.45, 7) is 14.3. The molecule has 2 saturated heterocycles. The number of hydrogen-bond donors (Lipinski definition) is 2. The van der Waals surface area contributed by atoms with Crippen molar-refractivity contribution in [1.82, 2.24) is 5.32 Å². The summed E-state index contributed by atoms with van der Waals surface area (Å²) in [7, 11) is 1.72. The van der Waals surface area contributed by atoms with E-state index in [9.17, 15) is 19.2 Å². The first-order chi connectivity index (χ1) is 22.1. The third kappa shape index (κ3) is 9.61. The maximum atomic E-state index is 13.1. The lowest BCUT2D eigenvalue weighted by Gasteiger charge is -2.43. The van der Waals surface area contributed by atoms with Gasteiger partial charge in [-0.3, -0.25) is 19.2 Å². The van der Waals surface area contributed by atoms with E-state index in [4.69, 9.17) is 14.2 Å². The molecule has 260 valence electrons. The van der Waals surface area contributed by atoms with Gasteiger partial charge in [0.25, 0.3) is 0 Å². The Kier molecular flexibility index (Phi) is 11.9. The lowest BCUT2D eigenvalue weighted by molar-refractivity contribution is -0.130. The van der Waals surface area contributed by atoms with E-state index in [0.29, 0.717) is 25.1 Å². The van der Waals surface area contributed by atoms with Gasteiger partial charge in [0, 0.05) is 55.7 Å². The number of aryl methyl sites for hydroxylation is 1. The lowest BCUT2D eigenvalue weighted by Crippen LogP contribution is -2.59. The fraction of sp³-hybridized carbons (Fsp3) is 0.684. The van der Waals surface area contributed by atoms with Gasteiger partial charge in [-0.15, -0.1) is 0 Å². The summed E-state index contributed by atoms with van der Waals surface area (Å²) in [5, 5.41) is 6.15. The van der Waals surface area contributed by atoms with Crippen LogP contribution in [0.25, 0.3) is 0 Å². The van der Waals surface area contributed by atoms with E-state index in [2.05, 4.69) is 37.5 Å². The van der Waals surface area contributed by atoms with Crippen molar-refractivity contribution in [2.75, 3.05) is 19.0 Å². The SMILES string of the molecule is CO[C@@H]1[C@H](NC(=O)CCCc2ccc(NC(=O)[C@@H](C)CC(=O)CCC(=O)C(C)(C)C)cc2)CC[C@]2(CO2)[C@H]1[C@@]1(C)O[C@@H]1CC=C(C)C. The summed E-state index contributed by atoms with van der Waals surface area (Å²) in [6.07, 6.45) is 7.03. The topological polar surface area (TPSA) is 127 Å². The maximum absolute atomic E-state index is 13.1. The van der Waals surface area contributed by atoms with Gasteiger partial charge in [0.1, 0.15) is 17.2 Å². The number of allylic oxidation sites excluding steroid dienone is 1. The fourth-order valence-corrected chi connectivity index (χ4v) is 7.06. The number of anilines is 1. The van der Waals surface area contributed by atoms with Gasteiger partial charge in [-0.2, -0.15) is 0 Å². The number of ketones is 2. The lowest BCUT2D eigenvalue weighted by atomic mass is 9.67. The molecule has 1 aliphatic carbocycles. The van der Waals surface area contributed by atoms with Gasteiger partial charge in [-0.1, -0.05) is 51.5 Å². The van der Waals surface area contributed by atoms with Crippen molar-refractivity contribution in [3.8, 4) is 0 Å². The second kappa shape index (κ2) is 15.1. The van der Waals surface area contributed by atoms with Crippen LogP contribution in [0.5, 0.6) is 0 Å². The highest BCUT2D eigenvalue weighted by atomic mass is 16.6. The van der Waals surface area contributed by atoms with Crippen LogP contribution in [0.3, 0.4) is 0 Å². The Morgan fingerprint density at radius 3 is 2.36 bits per heavy atom. The van der Waals surface area contributed by atoms with Crippen LogP contribution in [0.2, 0.25) is 0 Å². The molecule has 0 bridgehead atoms. The Bertz CT molecular complexity index is 1320. The van der Waals surface area contributed by atoms with Gasteiger partial charge in [0.05, 0.1) is 30.5 Å². The number of amides is 2. The molecular weight excluding hydrogens is 596 g/mol. The minimum absolute atomic E-state index is 0.0154. The molecule has 1 aromatic rings. The van der Waals surface area contributed by atoms with E-state index in [-0.39, 0.29) is 78.0 Å². The highest BCUT2D eigenvalue weighted by molar-refractivity contribution is 5.96. The van der Waals surface area contributed by atoms with Crippen LogP contribution in [0.15, 0.2) is 35.9 Å². The number of carbonyl (C=O) groups excluding carboxylic acids is 4. The predicted molar refractivity (Wildman–Crippen MR) is 182 cm³/mol. The average Bonchev–Trinajstić information content (AvgIpc) is 3.92. The number of nitrogens with one attached hydrogen (secondary N) is 2. The van der Waals surface area contributed by atoms with Crippen molar-refractivity contribution in [3.05, 3.63) is 41.5 Å². The molecule has 1 spiro atoms. The number of ether oxygens (including phenoxy) is 3. The highest BCUT2D eigenvalue weighted by Gasteiger charge is 2.71. The van der Waals surface area contributed by atoms with Crippen LogP contribution in [0, 0.1) is 17.3 Å². The van der Waals surface area contributed by atoms with E-state index in [1.807, 2.05) is 45.0 Å². The Morgan fingerprint density at radius 1 is 1.09 bits per heavy atom. The average molecular weight is 653 g/mol. The van der Waals surface area contributed by atoms with Crippen LogP contribution in [-0.2, 0) is 39.8 Å². The summed E-state index contributed by atoms with van der Waals surface area (Å²) in [4.78, 5) is 50.2. The van der Waals surface area contributed by atoms with Crippen LogP contribution in [0.4, 0.5) is 5.69 Å². The maximum Gasteiger partial charge on any atom is 0.227 e. The van der Waals surface area contributed by atoms with Crippen LogP contribution < -0.4 is 10.6 Å². The third-order valence-electron chi connectivity index (χ3n) is 10.2. The molecule has 2 heterocycles. The first kappa shape index (κ1) is 36.9. The molecule has 0 unspecified atom stereocenters. The van der Waals surface area contributed by atoms with Crippen molar-refractivity contribution in [3.63, 3.8) is 0 Å². The van der Waals surface area contributed by atoms with Crippen molar-refractivity contribution < 1.29 is 33.4 Å². The van der Waals surface area contributed by atoms with Crippen molar-refractivity contribution in [2.24, 2.45) is 17.3 Å². The molecule has 9 nitrogen and oxygen atoms in total. The van der Waals surface area contributed by atoms with Gasteiger partial charge in [-0.05, 0) is 70.6 Å². The first-order valence-electron chi connectivity index (χ1n) is 17.3. The highest BCUT2D eigenvalue weighted by Crippen LogP contribution is 2.59. The molecule has 2 N–H and O–H groups in total. The molecule has 2 aliphatic heterocycles. The van der Waals surface area contributed by atoms with Crippen LogP contribution in [0.1, 0.15) is 105 Å². The molecule has 9 heteroatoms. The minimum Gasteiger partial charge on any atom is -0.379 e. The number of benzene rings is 1. The minimum atomic E-state index is -0.492. The normalized spacial score (nSPS) is 28.7. The largest absolute Gasteiger partial charge is 0.379 e. The van der Waals surface area contributed by atoms with E-state index in [0.717, 1.165) is 31.2 Å². The van der Waals surface area contributed by atoms with Gasteiger partial charge in [0.15, 0.2) is 0 Å². The molecule has 3 fully saturated rings. The zero-order valence-electron chi connectivity index (χ0n) is 29.7. The van der Waals surface area contributed by atoms with E-state index in [1.165, 1.54) is 5.57 Å². The Morgan fingerprint density at radius 2 is 1.77 bits per heavy atom. The molecule has 1 saturated carbocycles. The summed E-state index contributed by atoms with van der Waals surface area (Å²) in [5.41, 5.74) is 1.99. The standard InChI is InChI=1S/C38H56N2O7/c1-24(2)12-19-31-37(7,47-31)34-33(45-8)29(20-21-38(34)23-46-38)40-32(43)11-9-10-26-13-15-27(16-14-26)39-35(44)25(3)22-28(41)17-18-30(42)36(4,5)6/h12-16,25,29,31,33-34H,9-11,17-23H2,1-8H3,(H,39,44)(H,40,43)/t25-,29+,31+,33+,34+,37-,38-/m0/s1. The number of carbonyl (C=O) groups is 4. The fourth-order valence-electron chi connectivity index (χ4n) is 7.06. The Balaban J connectivity index is 1.20. The van der Waals surface area contributed by atoms with Gasteiger partial charge >= 0.3 is 0 Å². The molecule has 0 radical (unpaired) electrons.